The van der Waals surface area contributed by atoms with Gasteiger partial charge in [-0.25, -0.2) is 0 Å². The van der Waals surface area contributed by atoms with Crippen molar-refractivity contribution in [2.45, 2.75) is 6.10 Å². The number of benzene rings is 2. The van der Waals surface area contributed by atoms with Crippen LogP contribution in [0.25, 0.3) is 0 Å². The fraction of sp³-hybridized carbons (Fsp3) is 0.158. The van der Waals surface area contributed by atoms with Crippen molar-refractivity contribution in [2.24, 2.45) is 0 Å². The monoisotopic (exact) mass is 278 g/mol. The quantitative estimate of drug-likeness (QED) is 0.516. The van der Waals surface area contributed by atoms with Crippen LogP contribution in [0.15, 0.2) is 67.3 Å². The van der Waals surface area contributed by atoms with Crippen LogP contribution in [0.2, 0.25) is 0 Å². The highest BCUT2D eigenvalue weighted by Gasteiger charge is 2.12. The van der Waals surface area contributed by atoms with Gasteiger partial charge < -0.3 is 9.84 Å². The number of aliphatic hydroxyl groups excluding tert-OH is 1. The lowest BCUT2D eigenvalue weighted by Gasteiger charge is -2.13. The minimum absolute atomic E-state index is 0.349. The Labute approximate surface area is 125 Å². The van der Waals surface area contributed by atoms with Crippen molar-refractivity contribution in [3.8, 4) is 11.8 Å². The molecule has 0 aromatic heterocycles. The summed E-state index contributed by atoms with van der Waals surface area (Å²) in [5.41, 5.74) is 2.48. The van der Waals surface area contributed by atoms with E-state index in [-0.39, 0.29) is 0 Å². The summed E-state index contributed by atoms with van der Waals surface area (Å²) in [4.78, 5) is 0. The largest absolute Gasteiger partial charge is 0.384 e. The molecule has 1 atom stereocenters. The second-order valence-corrected chi connectivity index (χ2v) is 4.51. The van der Waals surface area contributed by atoms with Crippen LogP contribution in [-0.4, -0.2) is 18.3 Å². The van der Waals surface area contributed by atoms with E-state index in [0.29, 0.717) is 13.2 Å². The van der Waals surface area contributed by atoms with Crippen molar-refractivity contribution in [1.82, 2.24) is 0 Å². The molecule has 0 spiro atoms. The molecule has 0 radical (unpaired) electrons. The first-order valence-electron chi connectivity index (χ1n) is 6.82. The average molecular weight is 278 g/mol. The highest BCUT2D eigenvalue weighted by molar-refractivity contribution is 5.45. The predicted octanol–water partition coefficient (Wildman–Crippen LogP) is 3.32. The third-order valence-corrected chi connectivity index (χ3v) is 3.00. The lowest BCUT2D eigenvalue weighted by Crippen LogP contribution is -2.02. The van der Waals surface area contributed by atoms with E-state index in [1.165, 1.54) is 0 Å². The second-order valence-electron chi connectivity index (χ2n) is 4.51. The highest BCUT2D eigenvalue weighted by Crippen LogP contribution is 2.24. The maximum Gasteiger partial charge on any atom is 0.108 e. The second kappa shape index (κ2) is 8.06. The highest BCUT2D eigenvalue weighted by atomic mass is 16.5. The van der Waals surface area contributed by atoms with Gasteiger partial charge >= 0.3 is 0 Å². The first kappa shape index (κ1) is 15.1. The Morgan fingerprint density at radius 1 is 1.10 bits per heavy atom. The Morgan fingerprint density at radius 2 is 1.81 bits per heavy atom. The third-order valence-electron chi connectivity index (χ3n) is 3.00. The first-order valence-corrected chi connectivity index (χ1v) is 6.82. The van der Waals surface area contributed by atoms with Crippen molar-refractivity contribution in [3.63, 3.8) is 0 Å². The van der Waals surface area contributed by atoms with E-state index in [1.807, 2.05) is 54.6 Å². The topological polar surface area (TPSA) is 29.5 Å². The minimum Gasteiger partial charge on any atom is -0.384 e. The summed E-state index contributed by atoms with van der Waals surface area (Å²) in [5.74, 6) is 6.01. The number of hydrogen-bond donors (Lipinski definition) is 1. The van der Waals surface area contributed by atoms with Gasteiger partial charge in [0, 0.05) is 11.1 Å². The molecule has 2 aromatic rings. The van der Waals surface area contributed by atoms with Gasteiger partial charge in [0.25, 0.3) is 0 Å². The molecule has 21 heavy (non-hydrogen) atoms. The van der Waals surface area contributed by atoms with Gasteiger partial charge in [-0.15, -0.1) is 6.58 Å². The lowest BCUT2D eigenvalue weighted by atomic mass is 9.97. The summed E-state index contributed by atoms with van der Waals surface area (Å²) < 4.78 is 5.24. The molecule has 2 aromatic carbocycles. The summed E-state index contributed by atoms with van der Waals surface area (Å²) >= 11 is 0. The molecule has 0 heterocycles. The molecular weight excluding hydrogens is 260 g/mol. The number of rotatable bonds is 5. The maximum absolute atomic E-state index is 10.5. The first-order chi connectivity index (χ1) is 10.3. The van der Waals surface area contributed by atoms with Crippen LogP contribution in [0.1, 0.15) is 22.8 Å². The Kier molecular flexibility index (Phi) is 5.78. The normalized spacial score (nSPS) is 11.3. The molecule has 106 valence electrons. The summed E-state index contributed by atoms with van der Waals surface area (Å²) in [5, 5.41) is 10.5. The molecule has 0 aliphatic heterocycles. The lowest BCUT2D eigenvalue weighted by molar-refractivity contribution is 0.199. The molecule has 0 aliphatic carbocycles. The number of ether oxygens (including phenoxy) is 1. The molecular formula is C19H18O2. The molecule has 0 aliphatic rings. The average Bonchev–Trinajstić information content (AvgIpc) is 2.55. The van der Waals surface area contributed by atoms with Crippen molar-refractivity contribution < 1.29 is 9.84 Å². The number of aliphatic hydroxyl groups is 1. The number of hydrogen-bond acceptors (Lipinski definition) is 2. The summed E-state index contributed by atoms with van der Waals surface area (Å²) in [6.45, 7) is 4.42. The molecule has 1 unspecified atom stereocenters. The van der Waals surface area contributed by atoms with Crippen molar-refractivity contribution in [1.29, 1.82) is 0 Å². The smallest absolute Gasteiger partial charge is 0.108 e. The fourth-order valence-corrected chi connectivity index (χ4v) is 1.99. The van der Waals surface area contributed by atoms with E-state index in [1.54, 1.807) is 6.08 Å². The third kappa shape index (κ3) is 4.32. The van der Waals surface area contributed by atoms with Gasteiger partial charge in [-0.3, -0.25) is 0 Å². The molecule has 0 saturated heterocycles. The zero-order valence-corrected chi connectivity index (χ0v) is 11.8. The SMILES string of the molecule is C=CCOCC#Cc1ccccc1C(O)c1ccccc1. The standard InChI is InChI=1S/C19H18O2/c1-2-14-21-15-8-12-16-9-6-7-13-18(16)19(20)17-10-4-3-5-11-17/h2-7,9-11,13,19-20H,1,14-15H2. The van der Waals surface area contributed by atoms with E-state index in [4.69, 9.17) is 4.74 Å². The van der Waals surface area contributed by atoms with Crippen LogP contribution in [0.5, 0.6) is 0 Å². The van der Waals surface area contributed by atoms with Crippen molar-refractivity contribution in [2.75, 3.05) is 13.2 Å². The molecule has 0 fully saturated rings. The minimum atomic E-state index is -0.675. The van der Waals surface area contributed by atoms with Crippen molar-refractivity contribution in [3.05, 3.63) is 83.9 Å². The summed E-state index contributed by atoms with van der Waals surface area (Å²) in [6.07, 6.45) is 1.01. The molecule has 0 amide bonds. The zero-order valence-electron chi connectivity index (χ0n) is 11.8. The zero-order chi connectivity index (χ0) is 14.9. The van der Waals surface area contributed by atoms with Crippen LogP contribution >= 0.6 is 0 Å². The molecule has 0 bridgehead atoms. The fourth-order valence-electron chi connectivity index (χ4n) is 1.99. The summed E-state index contributed by atoms with van der Waals surface area (Å²) in [7, 11) is 0. The molecule has 0 saturated carbocycles. The van der Waals surface area contributed by atoms with Gasteiger partial charge in [0.15, 0.2) is 0 Å². The van der Waals surface area contributed by atoms with Crippen molar-refractivity contribution >= 4 is 0 Å². The molecule has 2 nitrogen and oxygen atoms in total. The van der Waals surface area contributed by atoms with Crippen LogP contribution in [0.4, 0.5) is 0 Å². The van der Waals surface area contributed by atoms with Gasteiger partial charge in [0.05, 0.1) is 6.61 Å². The summed E-state index contributed by atoms with van der Waals surface area (Å²) in [6, 6.07) is 17.2. The van der Waals surface area contributed by atoms with E-state index < -0.39 is 6.10 Å². The van der Waals surface area contributed by atoms with E-state index in [9.17, 15) is 5.11 Å². The Balaban J connectivity index is 2.18. The van der Waals surface area contributed by atoms with Crippen LogP contribution in [0.3, 0.4) is 0 Å². The van der Waals surface area contributed by atoms with Gasteiger partial charge in [-0.1, -0.05) is 66.4 Å². The molecule has 1 N–H and O–H groups in total. The Hall–Kier alpha value is -2.34. The van der Waals surface area contributed by atoms with Gasteiger partial charge in [0.2, 0.25) is 0 Å². The van der Waals surface area contributed by atoms with Gasteiger partial charge in [0.1, 0.15) is 12.7 Å². The van der Waals surface area contributed by atoms with Crippen LogP contribution < -0.4 is 0 Å². The Bertz CT molecular complexity index is 635. The van der Waals surface area contributed by atoms with E-state index in [2.05, 4.69) is 18.4 Å². The molecule has 2 rings (SSSR count). The van der Waals surface area contributed by atoms with Crippen LogP contribution in [-0.2, 0) is 4.74 Å². The van der Waals surface area contributed by atoms with Gasteiger partial charge in [-0.05, 0) is 11.6 Å². The molecule has 2 heteroatoms. The van der Waals surface area contributed by atoms with Crippen LogP contribution in [0, 0.1) is 11.8 Å². The maximum atomic E-state index is 10.5. The predicted molar refractivity (Wildman–Crippen MR) is 84.8 cm³/mol. The van der Waals surface area contributed by atoms with Gasteiger partial charge in [-0.2, -0.15) is 0 Å². The van der Waals surface area contributed by atoms with E-state index in [0.717, 1.165) is 16.7 Å². The Morgan fingerprint density at radius 3 is 2.57 bits per heavy atom. The van der Waals surface area contributed by atoms with E-state index >= 15 is 0 Å².